The van der Waals surface area contributed by atoms with Gasteiger partial charge in [0.1, 0.15) is 5.54 Å². The molecule has 1 saturated carbocycles. The number of benzene rings is 1. The zero-order valence-electron chi connectivity index (χ0n) is 13.5. The van der Waals surface area contributed by atoms with Crippen molar-refractivity contribution < 1.29 is 4.79 Å². The molecule has 1 aromatic carbocycles. The van der Waals surface area contributed by atoms with E-state index in [9.17, 15) is 10.1 Å². The fourth-order valence-electron chi connectivity index (χ4n) is 3.07. The minimum atomic E-state index is -0.658. The maximum absolute atomic E-state index is 12.2. The van der Waals surface area contributed by atoms with E-state index < -0.39 is 5.54 Å². The Kier molecular flexibility index (Phi) is 5.43. The molecule has 1 fully saturated rings. The zero-order chi connectivity index (χ0) is 16.0. The van der Waals surface area contributed by atoms with E-state index in [1.165, 1.54) is 5.56 Å². The predicted octanol–water partition coefficient (Wildman–Crippen LogP) is 3.56. The summed E-state index contributed by atoms with van der Waals surface area (Å²) < 4.78 is 0. The normalized spacial score (nSPS) is 16.8. The molecule has 0 radical (unpaired) electrons. The molecule has 1 aliphatic rings. The first-order valence-electron chi connectivity index (χ1n) is 8.11. The Morgan fingerprint density at radius 1 is 1.27 bits per heavy atom. The van der Waals surface area contributed by atoms with Crippen LogP contribution in [0, 0.1) is 11.3 Å². The molecule has 1 aliphatic carbocycles. The van der Waals surface area contributed by atoms with Gasteiger partial charge in [-0.1, -0.05) is 51.3 Å². The average Bonchev–Trinajstić information content (AvgIpc) is 2.54. The van der Waals surface area contributed by atoms with E-state index in [-0.39, 0.29) is 12.5 Å². The largest absolute Gasteiger partial charge is 0.376 e. The number of nitrogens with one attached hydrogen (secondary N) is 2. The lowest BCUT2D eigenvalue weighted by atomic mass is 9.83. The van der Waals surface area contributed by atoms with Crippen LogP contribution in [0.1, 0.15) is 57.4 Å². The van der Waals surface area contributed by atoms with E-state index in [1.54, 1.807) is 0 Å². The summed E-state index contributed by atoms with van der Waals surface area (Å²) in [6.45, 7) is 4.47. The van der Waals surface area contributed by atoms with E-state index >= 15 is 0 Å². The topological polar surface area (TPSA) is 64.9 Å². The lowest BCUT2D eigenvalue weighted by molar-refractivity contribution is -0.121. The number of anilines is 1. The van der Waals surface area contributed by atoms with Crippen molar-refractivity contribution in [3.05, 3.63) is 29.8 Å². The van der Waals surface area contributed by atoms with Crippen LogP contribution >= 0.6 is 0 Å². The number of rotatable bonds is 5. The second kappa shape index (κ2) is 7.31. The molecule has 0 saturated heterocycles. The molecule has 118 valence electrons. The van der Waals surface area contributed by atoms with Crippen LogP contribution in [-0.4, -0.2) is 18.0 Å². The SMILES string of the molecule is CC(C)c1ccccc1NCC(=O)NC1(C#N)CCCCC1. The third-order valence-corrected chi connectivity index (χ3v) is 4.32. The summed E-state index contributed by atoms with van der Waals surface area (Å²) in [5.41, 5.74) is 1.53. The molecule has 0 aromatic heterocycles. The van der Waals surface area contributed by atoms with Gasteiger partial charge in [0.2, 0.25) is 5.91 Å². The Bertz CT molecular complexity index is 554. The van der Waals surface area contributed by atoms with Gasteiger partial charge in [0.25, 0.3) is 0 Å². The zero-order valence-corrected chi connectivity index (χ0v) is 13.5. The van der Waals surface area contributed by atoms with Crippen molar-refractivity contribution >= 4 is 11.6 Å². The van der Waals surface area contributed by atoms with Crippen LogP contribution in [0.2, 0.25) is 0 Å². The van der Waals surface area contributed by atoms with E-state index in [0.29, 0.717) is 5.92 Å². The highest BCUT2D eigenvalue weighted by Crippen LogP contribution is 2.27. The van der Waals surface area contributed by atoms with Gasteiger partial charge >= 0.3 is 0 Å². The molecule has 2 rings (SSSR count). The quantitative estimate of drug-likeness (QED) is 0.873. The van der Waals surface area contributed by atoms with Crippen molar-refractivity contribution in [2.24, 2.45) is 0 Å². The van der Waals surface area contributed by atoms with Gasteiger partial charge in [0, 0.05) is 5.69 Å². The first-order valence-corrected chi connectivity index (χ1v) is 8.11. The number of nitriles is 1. The van der Waals surface area contributed by atoms with Gasteiger partial charge in [-0.25, -0.2) is 0 Å². The van der Waals surface area contributed by atoms with Crippen LogP contribution in [0.3, 0.4) is 0 Å². The summed E-state index contributed by atoms with van der Waals surface area (Å²) in [6, 6.07) is 10.3. The van der Waals surface area contributed by atoms with E-state index in [2.05, 4.69) is 36.6 Å². The summed E-state index contributed by atoms with van der Waals surface area (Å²) >= 11 is 0. The molecule has 22 heavy (non-hydrogen) atoms. The Hall–Kier alpha value is -2.02. The van der Waals surface area contributed by atoms with E-state index in [0.717, 1.165) is 37.8 Å². The van der Waals surface area contributed by atoms with E-state index in [1.807, 2.05) is 18.2 Å². The first kappa shape index (κ1) is 16.4. The molecule has 0 spiro atoms. The van der Waals surface area contributed by atoms with Crippen LogP contribution in [0.15, 0.2) is 24.3 Å². The number of hydrogen-bond acceptors (Lipinski definition) is 3. The highest BCUT2D eigenvalue weighted by molar-refractivity contribution is 5.82. The van der Waals surface area contributed by atoms with Crippen LogP contribution in [0.25, 0.3) is 0 Å². The number of carbonyl (C=O) groups is 1. The minimum Gasteiger partial charge on any atom is -0.376 e. The third kappa shape index (κ3) is 4.00. The molecule has 0 aliphatic heterocycles. The van der Waals surface area contributed by atoms with Crippen LogP contribution < -0.4 is 10.6 Å². The van der Waals surface area contributed by atoms with Crippen molar-refractivity contribution in [2.75, 3.05) is 11.9 Å². The number of para-hydroxylation sites is 1. The predicted molar refractivity (Wildman–Crippen MR) is 88.6 cm³/mol. The Morgan fingerprint density at radius 3 is 2.59 bits per heavy atom. The van der Waals surface area contributed by atoms with Crippen molar-refractivity contribution in [1.29, 1.82) is 5.26 Å². The molecule has 4 heteroatoms. The van der Waals surface area contributed by atoms with Gasteiger partial charge in [0.15, 0.2) is 0 Å². The fourth-order valence-corrected chi connectivity index (χ4v) is 3.07. The summed E-state index contributed by atoms with van der Waals surface area (Å²) in [5.74, 6) is 0.289. The lowest BCUT2D eigenvalue weighted by Gasteiger charge is -2.31. The second-order valence-electron chi connectivity index (χ2n) is 6.40. The monoisotopic (exact) mass is 299 g/mol. The van der Waals surface area contributed by atoms with E-state index in [4.69, 9.17) is 0 Å². The second-order valence-corrected chi connectivity index (χ2v) is 6.40. The molecular weight excluding hydrogens is 274 g/mol. The highest BCUT2D eigenvalue weighted by Gasteiger charge is 2.33. The van der Waals surface area contributed by atoms with Crippen molar-refractivity contribution in [3.63, 3.8) is 0 Å². The van der Waals surface area contributed by atoms with Gasteiger partial charge in [-0.05, 0) is 30.4 Å². The van der Waals surface area contributed by atoms with Gasteiger partial charge < -0.3 is 10.6 Å². The molecule has 2 N–H and O–H groups in total. The fraction of sp³-hybridized carbons (Fsp3) is 0.556. The summed E-state index contributed by atoms with van der Waals surface area (Å²) in [4.78, 5) is 12.2. The van der Waals surface area contributed by atoms with Gasteiger partial charge in [-0.3, -0.25) is 4.79 Å². The summed E-state index contributed by atoms with van der Waals surface area (Å²) in [5, 5.41) is 15.5. The van der Waals surface area contributed by atoms with Gasteiger partial charge in [-0.2, -0.15) is 5.26 Å². The maximum Gasteiger partial charge on any atom is 0.240 e. The lowest BCUT2D eigenvalue weighted by Crippen LogP contribution is -2.50. The number of nitrogens with zero attached hydrogens (tertiary/aromatic N) is 1. The first-order chi connectivity index (χ1) is 10.6. The molecule has 0 heterocycles. The summed E-state index contributed by atoms with van der Waals surface area (Å²) in [6.07, 6.45) is 4.70. The standard InChI is InChI=1S/C18H25N3O/c1-14(2)15-8-4-5-9-16(15)20-12-17(22)21-18(13-19)10-6-3-7-11-18/h4-5,8-9,14,20H,3,6-7,10-12H2,1-2H3,(H,21,22). The van der Waals surface area contributed by atoms with Crippen molar-refractivity contribution in [2.45, 2.75) is 57.4 Å². The Labute approximate surface area is 132 Å². The Balaban J connectivity index is 1.94. The average molecular weight is 299 g/mol. The van der Waals surface area contributed by atoms with Gasteiger partial charge in [-0.15, -0.1) is 0 Å². The summed E-state index contributed by atoms with van der Waals surface area (Å²) in [7, 11) is 0. The number of amides is 1. The Morgan fingerprint density at radius 2 is 1.95 bits per heavy atom. The van der Waals surface area contributed by atoms with Crippen LogP contribution in [-0.2, 0) is 4.79 Å². The van der Waals surface area contributed by atoms with Crippen molar-refractivity contribution in [3.8, 4) is 6.07 Å². The molecule has 0 atom stereocenters. The van der Waals surface area contributed by atoms with Crippen molar-refractivity contribution in [1.82, 2.24) is 5.32 Å². The molecule has 0 unspecified atom stereocenters. The van der Waals surface area contributed by atoms with Crippen LogP contribution in [0.5, 0.6) is 0 Å². The smallest absolute Gasteiger partial charge is 0.240 e. The molecule has 0 bridgehead atoms. The molecule has 1 amide bonds. The molecule has 1 aromatic rings. The van der Waals surface area contributed by atoms with Crippen LogP contribution in [0.4, 0.5) is 5.69 Å². The molecule has 4 nitrogen and oxygen atoms in total. The maximum atomic E-state index is 12.2. The highest BCUT2D eigenvalue weighted by atomic mass is 16.2. The molecular formula is C18H25N3O. The minimum absolute atomic E-state index is 0.109. The van der Waals surface area contributed by atoms with Gasteiger partial charge in [0.05, 0.1) is 12.6 Å². The number of carbonyl (C=O) groups excluding carboxylic acids is 1. The number of hydrogen-bond donors (Lipinski definition) is 2. The third-order valence-electron chi connectivity index (χ3n) is 4.32.